The van der Waals surface area contributed by atoms with E-state index in [2.05, 4.69) is 0 Å². The van der Waals surface area contributed by atoms with Gasteiger partial charge in [0.2, 0.25) is 0 Å². The molecule has 2 N–H and O–H groups in total. The van der Waals surface area contributed by atoms with Crippen molar-refractivity contribution in [3.05, 3.63) is 48.5 Å². The highest BCUT2D eigenvalue weighted by Crippen LogP contribution is 2.51. The van der Waals surface area contributed by atoms with Crippen molar-refractivity contribution in [2.75, 3.05) is 39.6 Å². The van der Waals surface area contributed by atoms with E-state index < -0.39 is 30.4 Å². The SMILES string of the molecule is COc1cc(-c2ccc(OS(C)(=O)=O)cc2)c(OC)c(OS(C)(=O)=O)c1-c1ccc(OCCCC(N)=S)c(OS(C)(=O)=O)c1. The minimum Gasteiger partial charge on any atom is -0.496 e. The number of nitrogens with two attached hydrogens (primary N) is 1. The van der Waals surface area contributed by atoms with E-state index in [1.807, 2.05) is 0 Å². The molecule has 3 aromatic rings. The Balaban J connectivity index is 2.25. The second kappa shape index (κ2) is 13.9. The largest absolute Gasteiger partial charge is 0.496 e. The number of hydrogen-bond acceptors (Lipinski definition) is 13. The van der Waals surface area contributed by atoms with Gasteiger partial charge in [-0.05, 0) is 47.9 Å². The Morgan fingerprint density at radius 2 is 1.30 bits per heavy atom. The minimum atomic E-state index is -4.16. The predicted octanol–water partition coefficient (Wildman–Crippen LogP) is 3.50. The van der Waals surface area contributed by atoms with Crippen LogP contribution in [0, 0.1) is 0 Å². The summed E-state index contributed by atoms with van der Waals surface area (Å²) < 4.78 is 105. The molecule has 0 aliphatic carbocycles. The first-order chi connectivity index (χ1) is 20.4. The Labute approximate surface area is 262 Å². The van der Waals surface area contributed by atoms with E-state index in [4.69, 9.17) is 44.7 Å². The predicted molar refractivity (Wildman–Crippen MR) is 168 cm³/mol. The molecule has 240 valence electrons. The van der Waals surface area contributed by atoms with Gasteiger partial charge in [-0.1, -0.05) is 30.4 Å². The van der Waals surface area contributed by atoms with Crippen LogP contribution in [0.25, 0.3) is 22.3 Å². The third-order valence-electron chi connectivity index (χ3n) is 5.57. The average Bonchev–Trinajstić information content (AvgIpc) is 2.89. The normalized spacial score (nSPS) is 11.8. The van der Waals surface area contributed by atoms with Crippen LogP contribution in [0.1, 0.15) is 12.8 Å². The first-order valence-electron chi connectivity index (χ1n) is 12.5. The molecule has 3 rings (SSSR count). The summed E-state index contributed by atoms with van der Waals surface area (Å²) in [5, 5.41) is 0. The maximum Gasteiger partial charge on any atom is 0.306 e. The molecule has 0 amide bonds. The van der Waals surface area contributed by atoms with Crippen molar-refractivity contribution in [3.8, 4) is 56.8 Å². The van der Waals surface area contributed by atoms with Gasteiger partial charge in [-0.2, -0.15) is 25.3 Å². The zero-order valence-electron chi connectivity index (χ0n) is 24.3. The van der Waals surface area contributed by atoms with Gasteiger partial charge in [0.05, 0.1) is 50.1 Å². The van der Waals surface area contributed by atoms with E-state index >= 15 is 0 Å². The molecule has 0 aromatic heterocycles. The number of ether oxygens (including phenoxy) is 3. The second-order valence-electron chi connectivity index (χ2n) is 9.33. The monoisotopic (exact) mass is 689 g/mol. The summed E-state index contributed by atoms with van der Waals surface area (Å²) in [7, 11) is -9.30. The van der Waals surface area contributed by atoms with E-state index in [0.717, 1.165) is 18.8 Å². The molecular weight excluding hydrogens is 659 g/mol. The number of benzene rings is 3. The molecular formula is C27H31NO12S4. The van der Waals surface area contributed by atoms with Crippen LogP contribution in [0.3, 0.4) is 0 Å². The summed E-state index contributed by atoms with van der Waals surface area (Å²) in [4.78, 5) is 0.303. The van der Waals surface area contributed by atoms with Gasteiger partial charge in [0.1, 0.15) is 11.5 Å². The van der Waals surface area contributed by atoms with Crippen molar-refractivity contribution in [1.82, 2.24) is 0 Å². The molecule has 13 nitrogen and oxygen atoms in total. The maximum atomic E-state index is 12.4. The van der Waals surface area contributed by atoms with E-state index in [-0.39, 0.29) is 52.2 Å². The van der Waals surface area contributed by atoms with Crippen LogP contribution in [-0.2, 0) is 30.4 Å². The molecule has 17 heteroatoms. The lowest BCUT2D eigenvalue weighted by Crippen LogP contribution is -2.11. The van der Waals surface area contributed by atoms with Crippen LogP contribution in [0.4, 0.5) is 0 Å². The summed E-state index contributed by atoms with van der Waals surface area (Å²) in [6, 6.07) is 11.7. The van der Waals surface area contributed by atoms with Gasteiger partial charge >= 0.3 is 30.4 Å². The lowest BCUT2D eigenvalue weighted by Gasteiger charge is -2.21. The van der Waals surface area contributed by atoms with Gasteiger partial charge in [-0.25, -0.2) is 0 Å². The van der Waals surface area contributed by atoms with E-state index in [1.165, 1.54) is 56.7 Å². The van der Waals surface area contributed by atoms with Crippen LogP contribution in [-0.4, -0.2) is 69.8 Å². The van der Waals surface area contributed by atoms with Crippen molar-refractivity contribution in [1.29, 1.82) is 0 Å². The summed E-state index contributed by atoms with van der Waals surface area (Å²) in [6.45, 7) is 0.152. The summed E-state index contributed by atoms with van der Waals surface area (Å²) >= 11 is 4.87. The van der Waals surface area contributed by atoms with Crippen molar-refractivity contribution < 1.29 is 52.0 Å². The van der Waals surface area contributed by atoms with Gasteiger partial charge in [0.25, 0.3) is 0 Å². The third-order valence-corrected chi connectivity index (χ3v) is 7.22. The maximum absolute atomic E-state index is 12.4. The van der Waals surface area contributed by atoms with Crippen molar-refractivity contribution >= 4 is 47.6 Å². The molecule has 0 aliphatic rings. The average molecular weight is 690 g/mol. The summed E-state index contributed by atoms with van der Waals surface area (Å²) in [6.07, 6.45) is 3.49. The highest BCUT2D eigenvalue weighted by Gasteiger charge is 2.27. The van der Waals surface area contributed by atoms with Gasteiger partial charge in [0, 0.05) is 12.0 Å². The molecule has 0 unspecified atom stereocenters. The fourth-order valence-corrected chi connectivity index (χ4v) is 5.53. The van der Waals surface area contributed by atoms with Crippen LogP contribution in [0.5, 0.6) is 34.5 Å². The summed E-state index contributed by atoms with van der Waals surface area (Å²) in [5.41, 5.74) is 6.63. The van der Waals surface area contributed by atoms with E-state index in [1.54, 1.807) is 6.07 Å². The Morgan fingerprint density at radius 3 is 1.82 bits per heavy atom. The molecule has 0 spiro atoms. The molecule has 0 radical (unpaired) electrons. The van der Waals surface area contributed by atoms with Crippen LogP contribution < -0.4 is 32.5 Å². The smallest absolute Gasteiger partial charge is 0.306 e. The number of thiocarbonyl (C=S) groups is 1. The third kappa shape index (κ3) is 9.87. The number of rotatable bonds is 15. The quantitative estimate of drug-likeness (QED) is 0.139. The zero-order valence-corrected chi connectivity index (χ0v) is 27.6. The molecule has 0 bridgehead atoms. The highest BCUT2D eigenvalue weighted by molar-refractivity contribution is 7.86. The minimum absolute atomic E-state index is 0.0216. The van der Waals surface area contributed by atoms with Crippen LogP contribution in [0.2, 0.25) is 0 Å². The number of methoxy groups -OCH3 is 2. The van der Waals surface area contributed by atoms with Gasteiger partial charge < -0.3 is 32.5 Å². The molecule has 0 saturated heterocycles. The molecule has 44 heavy (non-hydrogen) atoms. The van der Waals surface area contributed by atoms with Gasteiger partial charge in [0.15, 0.2) is 23.0 Å². The first-order valence-corrected chi connectivity index (χ1v) is 18.4. The second-order valence-corrected chi connectivity index (χ2v) is 14.6. The molecule has 0 atom stereocenters. The van der Waals surface area contributed by atoms with Gasteiger partial charge in [-0.3, -0.25) is 0 Å². The molecule has 0 aliphatic heterocycles. The molecule has 3 aromatic carbocycles. The van der Waals surface area contributed by atoms with Crippen molar-refractivity contribution in [2.24, 2.45) is 5.73 Å². The van der Waals surface area contributed by atoms with Crippen molar-refractivity contribution in [2.45, 2.75) is 12.8 Å². The highest BCUT2D eigenvalue weighted by atomic mass is 32.2. The van der Waals surface area contributed by atoms with Crippen LogP contribution >= 0.6 is 12.2 Å². The van der Waals surface area contributed by atoms with E-state index in [0.29, 0.717) is 29.0 Å². The lowest BCUT2D eigenvalue weighted by atomic mass is 9.96. The summed E-state index contributed by atoms with van der Waals surface area (Å²) in [5.74, 6) is -0.212. The Bertz CT molecular complexity index is 1860. The lowest BCUT2D eigenvalue weighted by molar-refractivity contribution is 0.304. The fourth-order valence-electron chi connectivity index (χ4n) is 4.00. The molecule has 0 fully saturated rings. The zero-order chi connectivity index (χ0) is 32.9. The van der Waals surface area contributed by atoms with Crippen LogP contribution in [0.15, 0.2) is 48.5 Å². The Morgan fingerprint density at radius 1 is 0.705 bits per heavy atom. The topological polar surface area (TPSA) is 184 Å². The Kier molecular flexibility index (Phi) is 10.9. The fraction of sp³-hybridized carbons (Fsp3) is 0.296. The Hall–Kier alpha value is -3.80. The standard InChI is InChI=1S/C27H31NO12S4/c1-35-23-16-20(17-8-11-19(12-9-17)38-42(3,29)30)26(36-2)27(40-44(5,33)34)25(23)18-10-13-21(37-14-6-7-24(28)41)22(15-18)39-43(4,31)32/h8-13,15-16H,6-7,14H2,1-5H3,(H2,28,41). The first kappa shape index (κ1) is 34.7. The van der Waals surface area contributed by atoms with E-state index in [9.17, 15) is 25.3 Å². The number of hydrogen-bond donors (Lipinski definition) is 1. The molecule has 0 saturated carbocycles. The van der Waals surface area contributed by atoms with Crippen molar-refractivity contribution in [3.63, 3.8) is 0 Å². The van der Waals surface area contributed by atoms with Gasteiger partial charge in [-0.15, -0.1) is 0 Å². The molecule has 0 heterocycles.